The Morgan fingerprint density at radius 2 is 1.83 bits per heavy atom. The maximum atomic E-state index is 11.8. The minimum Gasteiger partial charge on any atom is -0.385 e. The Hall–Kier alpha value is -0.170. The summed E-state index contributed by atoms with van der Waals surface area (Å²) in [5, 5.41) is 0. The number of nitrogens with zero attached hydrogens (tertiary/aromatic N) is 2. The van der Waals surface area contributed by atoms with E-state index in [0.29, 0.717) is 13.1 Å². The molecule has 0 aromatic rings. The van der Waals surface area contributed by atoms with E-state index in [-0.39, 0.29) is 11.3 Å². The number of ether oxygens (including phenoxy) is 1. The monoisotopic (exact) mass is 278 g/mol. The largest absolute Gasteiger partial charge is 0.385 e. The molecule has 1 aliphatic heterocycles. The van der Waals surface area contributed by atoms with E-state index in [1.165, 1.54) is 0 Å². The van der Waals surface area contributed by atoms with Crippen molar-refractivity contribution in [2.45, 2.75) is 31.7 Å². The van der Waals surface area contributed by atoms with Gasteiger partial charge in [0.2, 0.25) is 10.0 Å². The van der Waals surface area contributed by atoms with Gasteiger partial charge in [-0.05, 0) is 40.3 Å². The molecular formula is C12H26N2O3S. The molecular weight excluding hydrogens is 252 g/mol. The first-order valence-corrected chi connectivity index (χ1v) is 8.13. The Morgan fingerprint density at radius 3 is 2.22 bits per heavy atom. The predicted molar refractivity (Wildman–Crippen MR) is 73.2 cm³/mol. The average Bonchev–Trinajstić information content (AvgIpc) is 2.36. The minimum atomic E-state index is -3.03. The van der Waals surface area contributed by atoms with Crippen LogP contribution < -0.4 is 0 Å². The highest BCUT2D eigenvalue weighted by Crippen LogP contribution is 2.31. The van der Waals surface area contributed by atoms with E-state index >= 15 is 0 Å². The standard InChI is InChI=1S/C12H26N2O3S/c1-5-18(15,16)14-9-6-12(7-10-14,13(2)3)8-11-17-4/h5-11H2,1-4H3. The van der Waals surface area contributed by atoms with Crippen molar-refractivity contribution in [3.05, 3.63) is 0 Å². The number of piperidine rings is 1. The van der Waals surface area contributed by atoms with E-state index in [0.717, 1.165) is 25.9 Å². The van der Waals surface area contributed by atoms with Gasteiger partial charge in [-0.1, -0.05) is 0 Å². The maximum absolute atomic E-state index is 11.8. The van der Waals surface area contributed by atoms with Gasteiger partial charge in [-0.2, -0.15) is 0 Å². The van der Waals surface area contributed by atoms with Crippen LogP contribution in [0.25, 0.3) is 0 Å². The van der Waals surface area contributed by atoms with Crippen molar-refractivity contribution in [3.63, 3.8) is 0 Å². The molecule has 1 aliphatic rings. The quantitative estimate of drug-likeness (QED) is 0.720. The molecule has 1 heterocycles. The molecule has 0 radical (unpaired) electrons. The highest BCUT2D eigenvalue weighted by atomic mass is 32.2. The molecule has 1 rings (SSSR count). The van der Waals surface area contributed by atoms with Crippen LogP contribution in [0, 0.1) is 0 Å². The zero-order chi connectivity index (χ0) is 13.8. The first-order chi connectivity index (χ1) is 8.38. The summed E-state index contributed by atoms with van der Waals surface area (Å²) in [6.07, 6.45) is 2.71. The smallest absolute Gasteiger partial charge is 0.213 e. The average molecular weight is 278 g/mol. The second-order valence-corrected chi connectivity index (χ2v) is 7.42. The molecule has 0 bridgehead atoms. The lowest BCUT2D eigenvalue weighted by atomic mass is 9.84. The van der Waals surface area contributed by atoms with Crippen molar-refractivity contribution in [2.75, 3.05) is 46.7 Å². The van der Waals surface area contributed by atoms with Crippen LogP contribution in [-0.2, 0) is 14.8 Å². The van der Waals surface area contributed by atoms with E-state index < -0.39 is 10.0 Å². The fourth-order valence-corrected chi connectivity index (χ4v) is 3.68. The molecule has 0 atom stereocenters. The molecule has 0 amide bonds. The first-order valence-electron chi connectivity index (χ1n) is 6.52. The van der Waals surface area contributed by atoms with Gasteiger partial charge in [0.1, 0.15) is 0 Å². The fraction of sp³-hybridized carbons (Fsp3) is 1.00. The zero-order valence-corrected chi connectivity index (χ0v) is 12.8. The van der Waals surface area contributed by atoms with E-state index in [4.69, 9.17) is 4.74 Å². The highest BCUT2D eigenvalue weighted by molar-refractivity contribution is 7.89. The highest BCUT2D eigenvalue weighted by Gasteiger charge is 2.38. The molecule has 0 aromatic heterocycles. The number of hydrogen-bond acceptors (Lipinski definition) is 4. The fourth-order valence-electron chi connectivity index (χ4n) is 2.58. The maximum Gasteiger partial charge on any atom is 0.213 e. The van der Waals surface area contributed by atoms with Gasteiger partial charge in [0.15, 0.2) is 0 Å². The van der Waals surface area contributed by atoms with Gasteiger partial charge < -0.3 is 9.64 Å². The Kier molecular flexibility index (Phi) is 5.58. The van der Waals surface area contributed by atoms with Crippen molar-refractivity contribution >= 4 is 10.0 Å². The molecule has 5 nitrogen and oxygen atoms in total. The third-order valence-electron chi connectivity index (χ3n) is 4.13. The molecule has 0 aliphatic carbocycles. The molecule has 0 saturated carbocycles. The second-order valence-electron chi connectivity index (χ2n) is 5.16. The van der Waals surface area contributed by atoms with Crippen molar-refractivity contribution in [2.24, 2.45) is 0 Å². The molecule has 6 heteroatoms. The zero-order valence-electron chi connectivity index (χ0n) is 12.0. The summed E-state index contributed by atoms with van der Waals surface area (Å²) < 4.78 is 30.5. The van der Waals surface area contributed by atoms with Crippen molar-refractivity contribution in [1.29, 1.82) is 0 Å². The third-order valence-corrected chi connectivity index (χ3v) is 6.01. The summed E-state index contributed by atoms with van der Waals surface area (Å²) in [5.41, 5.74) is 0.0791. The molecule has 1 saturated heterocycles. The van der Waals surface area contributed by atoms with Crippen molar-refractivity contribution < 1.29 is 13.2 Å². The summed E-state index contributed by atoms with van der Waals surface area (Å²) in [7, 11) is 2.81. The molecule has 0 N–H and O–H groups in total. The van der Waals surface area contributed by atoms with Gasteiger partial charge in [-0.25, -0.2) is 12.7 Å². The Balaban J connectivity index is 2.69. The lowest BCUT2D eigenvalue weighted by molar-refractivity contribution is 0.0467. The molecule has 1 fully saturated rings. The van der Waals surface area contributed by atoms with Gasteiger partial charge in [0.25, 0.3) is 0 Å². The van der Waals surface area contributed by atoms with Crippen LogP contribution in [0.1, 0.15) is 26.2 Å². The minimum absolute atomic E-state index is 0.0791. The molecule has 0 spiro atoms. The summed E-state index contributed by atoms with van der Waals surface area (Å²) in [6.45, 7) is 3.67. The topological polar surface area (TPSA) is 49.9 Å². The summed E-state index contributed by atoms with van der Waals surface area (Å²) in [4.78, 5) is 2.22. The van der Waals surface area contributed by atoms with E-state index in [9.17, 15) is 8.42 Å². The van der Waals surface area contributed by atoms with Crippen molar-refractivity contribution in [1.82, 2.24) is 9.21 Å². The third kappa shape index (κ3) is 3.44. The van der Waals surface area contributed by atoms with Gasteiger partial charge >= 0.3 is 0 Å². The number of sulfonamides is 1. The van der Waals surface area contributed by atoms with Crippen LogP contribution >= 0.6 is 0 Å². The van der Waals surface area contributed by atoms with Gasteiger partial charge in [-0.3, -0.25) is 0 Å². The van der Waals surface area contributed by atoms with E-state index in [1.807, 2.05) is 0 Å². The van der Waals surface area contributed by atoms with E-state index in [2.05, 4.69) is 19.0 Å². The lowest BCUT2D eigenvalue weighted by Gasteiger charge is -2.45. The normalized spacial score (nSPS) is 21.4. The Bertz CT molecular complexity index is 346. The predicted octanol–water partition coefficient (Wildman–Crippen LogP) is 0.769. The molecule has 108 valence electrons. The summed E-state index contributed by atoms with van der Waals surface area (Å²) in [6, 6.07) is 0. The lowest BCUT2D eigenvalue weighted by Crippen LogP contribution is -2.54. The number of hydrogen-bond donors (Lipinski definition) is 0. The SMILES string of the molecule is CCS(=O)(=O)N1CCC(CCOC)(N(C)C)CC1. The first kappa shape index (κ1) is 15.9. The van der Waals surface area contributed by atoms with Crippen LogP contribution in [0.4, 0.5) is 0 Å². The second kappa shape index (κ2) is 6.32. The van der Waals surface area contributed by atoms with Crippen LogP contribution in [0.2, 0.25) is 0 Å². The van der Waals surface area contributed by atoms with Crippen LogP contribution in [-0.4, -0.2) is 69.8 Å². The van der Waals surface area contributed by atoms with Gasteiger partial charge in [0.05, 0.1) is 5.75 Å². The van der Waals surface area contributed by atoms with Crippen LogP contribution in [0.15, 0.2) is 0 Å². The van der Waals surface area contributed by atoms with Gasteiger partial charge in [0, 0.05) is 32.3 Å². The van der Waals surface area contributed by atoms with E-state index in [1.54, 1.807) is 18.3 Å². The summed E-state index contributed by atoms with van der Waals surface area (Å²) in [5.74, 6) is 0.194. The Labute approximate surface area is 111 Å². The number of methoxy groups -OCH3 is 1. The number of rotatable bonds is 6. The molecule has 18 heavy (non-hydrogen) atoms. The summed E-state index contributed by atoms with van der Waals surface area (Å²) >= 11 is 0. The molecule has 0 aromatic carbocycles. The van der Waals surface area contributed by atoms with Crippen LogP contribution in [0.3, 0.4) is 0 Å². The van der Waals surface area contributed by atoms with Gasteiger partial charge in [-0.15, -0.1) is 0 Å². The van der Waals surface area contributed by atoms with Crippen LogP contribution in [0.5, 0.6) is 0 Å². The Morgan fingerprint density at radius 1 is 1.28 bits per heavy atom. The van der Waals surface area contributed by atoms with Crippen molar-refractivity contribution in [3.8, 4) is 0 Å². The molecule has 0 unspecified atom stereocenters.